The van der Waals surface area contributed by atoms with E-state index in [0.717, 1.165) is 22.6 Å². The minimum Gasteiger partial charge on any atom is -0.497 e. The summed E-state index contributed by atoms with van der Waals surface area (Å²) >= 11 is 0. The number of hydrogen-bond acceptors (Lipinski definition) is 3. The number of carbonyl (C=O) groups excluding carboxylic acids is 2. The average molecular weight is 542 g/mol. The van der Waals surface area contributed by atoms with Gasteiger partial charge in [0, 0.05) is 37.1 Å². The van der Waals surface area contributed by atoms with Gasteiger partial charge in [0.2, 0.25) is 5.91 Å². The first-order chi connectivity index (χ1) is 19.3. The third-order valence-corrected chi connectivity index (χ3v) is 6.60. The first kappa shape index (κ1) is 28.6. The zero-order valence-corrected chi connectivity index (χ0v) is 23.3. The Bertz CT molecular complexity index is 1420. The highest BCUT2D eigenvalue weighted by Gasteiger charge is 2.24. The molecule has 0 spiro atoms. The van der Waals surface area contributed by atoms with Gasteiger partial charge < -0.3 is 19.1 Å². The summed E-state index contributed by atoms with van der Waals surface area (Å²) in [5.41, 5.74) is 3.28. The first-order valence-corrected chi connectivity index (χ1v) is 13.5. The lowest BCUT2D eigenvalue weighted by Gasteiger charge is -2.29. The summed E-state index contributed by atoms with van der Waals surface area (Å²) in [4.78, 5) is 30.5. The van der Waals surface area contributed by atoms with Gasteiger partial charge in [-0.05, 0) is 59.5 Å². The summed E-state index contributed by atoms with van der Waals surface area (Å²) in [7, 11) is 1.65. The number of ether oxygens (including phenoxy) is 1. The maximum absolute atomic E-state index is 13.9. The van der Waals surface area contributed by atoms with Crippen LogP contribution in [0, 0.1) is 11.7 Å². The first-order valence-electron chi connectivity index (χ1n) is 13.5. The van der Waals surface area contributed by atoms with E-state index in [9.17, 15) is 14.0 Å². The maximum atomic E-state index is 13.9. The molecule has 0 bridgehead atoms. The van der Waals surface area contributed by atoms with Gasteiger partial charge in [-0.25, -0.2) is 4.39 Å². The zero-order chi connectivity index (χ0) is 28.5. The van der Waals surface area contributed by atoms with E-state index in [1.165, 1.54) is 23.1 Å². The second-order valence-electron chi connectivity index (χ2n) is 10.3. The molecule has 1 heterocycles. The van der Waals surface area contributed by atoms with Gasteiger partial charge in [-0.2, -0.15) is 0 Å². The highest BCUT2D eigenvalue weighted by molar-refractivity contribution is 5.96. The van der Waals surface area contributed by atoms with Gasteiger partial charge in [0.1, 0.15) is 18.1 Å². The van der Waals surface area contributed by atoms with E-state index in [1.807, 2.05) is 86.8 Å². The van der Waals surface area contributed by atoms with Crippen LogP contribution in [0.5, 0.6) is 5.75 Å². The average Bonchev–Trinajstić information content (AvgIpc) is 3.38. The Balaban J connectivity index is 1.58. The molecule has 0 aliphatic rings. The number of aromatic nitrogens is 1. The lowest BCUT2D eigenvalue weighted by Crippen LogP contribution is -2.44. The number of amides is 2. The molecule has 0 aliphatic heterocycles. The molecule has 40 heavy (non-hydrogen) atoms. The van der Waals surface area contributed by atoms with Gasteiger partial charge in [-0.15, -0.1) is 0 Å². The van der Waals surface area contributed by atoms with E-state index in [1.54, 1.807) is 18.1 Å². The molecule has 6 nitrogen and oxygen atoms in total. The van der Waals surface area contributed by atoms with Crippen LogP contribution >= 0.6 is 0 Å². The number of hydrogen-bond donors (Lipinski definition) is 0. The number of nitrogens with zero attached hydrogens (tertiary/aromatic N) is 3. The molecule has 0 radical (unpaired) electrons. The van der Waals surface area contributed by atoms with Gasteiger partial charge in [0.25, 0.3) is 5.91 Å². The minimum absolute atomic E-state index is 0.100. The molecule has 0 atom stereocenters. The van der Waals surface area contributed by atoms with E-state index in [-0.39, 0.29) is 29.8 Å². The second kappa shape index (κ2) is 13.6. The van der Waals surface area contributed by atoms with Crippen molar-refractivity contribution in [2.24, 2.45) is 5.92 Å². The Morgan fingerprint density at radius 1 is 0.850 bits per heavy atom. The summed E-state index contributed by atoms with van der Waals surface area (Å²) < 4.78 is 21.4. The normalized spacial score (nSPS) is 10.9. The second-order valence-corrected chi connectivity index (χ2v) is 10.3. The summed E-state index contributed by atoms with van der Waals surface area (Å²) in [5.74, 6) is -0.0940. The predicted octanol–water partition coefficient (Wildman–Crippen LogP) is 6.01. The molecule has 4 rings (SSSR count). The van der Waals surface area contributed by atoms with Crippen LogP contribution in [0.15, 0.2) is 97.2 Å². The number of methoxy groups -OCH3 is 1. The molecule has 208 valence electrons. The van der Waals surface area contributed by atoms with Crippen LogP contribution in [0.3, 0.4) is 0 Å². The van der Waals surface area contributed by atoms with Crippen molar-refractivity contribution in [3.63, 3.8) is 0 Å². The molecule has 3 aromatic carbocycles. The van der Waals surface area contributed by atoms with E-state index >= 15 is 0 Å². The van der Waals surface area contributed by atoms with E-state index in [4.69, 9.17) is 4.74 Å². The van der Waals surface area contributed by atoms with Crippen LogP contribution < -0.4 is 4.74 Å². The van der Waals surface area contributed by atoms with Crippen LogP contribution in [-0.4, -0.2) is 46.4 Å². The van der Waals surface area contributed by atoms with Crippen molar-refractivity contribution in [3.05, 3.63) is 125 Å². The fourth-order valence-corrected chi connectivity index (χ4v) is 4.67. The van der Waals surface area contributed by atoms with E-state index in [0.29, 0.717) is 26.2 Å². The molecule has 0 fully saturated rings. The van der Waals surface area contributed by atoms with Crippen LogP contribution in [0.1, 0.15) is 41.0 Å². The van der Waals surface area contributed by atoms with Crippen LogP contribution in [0.4, 0.5) is 4.39 Å². The molecule has 1 aromatic heterocycles. The lowest BCUT2D eigenvalue weighted by atomic mass is 10.1. The van der Waals surface area contributed by atoms with Gasteiger partial charge in [0.05, 0.1) is 13.7 Å². The molecule has 0 saturated heterocycles. The van der Waals surface area contributed by atoms with Crippen molar-refractivity contribution < 1.29 is 18.7 Å². The van der Waals surface area contributed by atoms with Crippen molar-refractivity contribution in [2.75, 3.05) is 20.2 Å². The van der Waals surface area contributed by atoms with Crippen molar-refractivity contribution >= 4 is 11.8 Å². The third-order valence-electron chi connectivity index (χ3n) is 6.60. The summed E-state index contributed by atoms with van der Waals surface area (Å²) in [6.45, 7) is 5.66. The fourth-order valence-electron chi connectivity index (χ4n) is 4.67. The van der Waals surface area contributed by atoms with Crippen molar-refractivity contribution in [1.29, 1.82) is 0 Å². The predicted molar refractivity (Wildman–Crippen MR) is 154 cm³/mol. The summed E-state index contributed by atoms with van der Waals surface area (Å²) in [6.07, 6.45) is 2.00. The van der Waals surface area contributed by atoms with Crippen LogP contribution in [0.2, 0.25) is 0 Å². The molecule has 7 heteroatoms. The Kier molecular flexibility index (Phi) is 9.73. The number of halogens is 1. The van der Waals surface area contributed by atoms with E-state index < -0.39 is 5.82 Å². The van der Waals surface area contributed by atoms with Crippen molar-refractivity contribution in [1.82, 2.24) is 14.4 Å². The van der Waals surface area contributed by atoms with E-state index in [2.05, 4.69) is 4.57 Å². The molecule has 0 N–H and O–H groups in total. The lowest BCUT2D eigenvalue weighted by molar-refractivity contribution is -0.133. The largest absolute Gasteiger partial charge is 0.497 e. The smallest absolute Gasteiger partial charge is 0.254 e. The molecule has 0 unspecified atom stereocenters. The number of benzene rings is 3. The quantitative estimate of drug-likeness (QED) is 0.221. The molecular formula is C33H36FN3O3. The molecule has 0 aliphatic carbocycles. The molecule has 0 saturated carbocycles. The molecular weight excluding hydrogens is 505 g/mol. The summed E-state index contributed by atoms with van der Waals surface area (Å²) in [5, 5.41) is 0. The fraction of sp³-hybridized carbons (Fsp3) is 0.273. The molecule has 4 aromatic rings. The Labute approximate surface area is 235 Å². The van der Waals surface area contributed by atoms with Gasteiger partial charge in [-0.3, -0.25) is 9.59 Å². The zero-order valence-electron chi connectivity index (χ0n) is 23.3. The standard InChI is InChI=1S/C33H36FN3O3/c1-25(2)20-37(33(39)28-13-8-14-29(34)19-28)24-32(38)36(21-26-10-5-4-6-11-26)23-30-15-9-17-35(30)22-27-12-7-16-31(18-27)40-3/h4-19,25H,20-24H2,1-3H3. The highest BCUT2D eigenvalue weighted by atomic mass is 19.1. The summed E-state index contributed by atoms with van der Waals surface area (Å²) in [6, 6.07) is 27.3. The topological polar surface area (TPSA) is 54.8 Å². The van der Waals surface area contributed by atoms with Gasteiger partial charge >= 0.3 is 0 Å². The van der Waals surface area contributed by atoms with Gasteiger partial charge in [0.15, 0.2) is 0 Å². The Morgan fingerprint density at radius 2 is 1.60 bits per heavy atom. The van der Waals surface area contributed by atoms with Gasteiger partial charge in [-0.1, -0.05) is 62.4 Å². The Morgan fingerprint density at radius 3 is 2.33 bits per heavy atom. The number of carbonyl (C=O) groups is 2. The molecule has 2 amide bonds. The highest BCUT2D eigenvalue weighted by Crippen LogP contribution is 2.18. The van der Waals surface area contributed by atoms with Crippen LogP contribution in [0.25, 0.3) is 0 Å². The minimum atomic E-state index is -0.482. The SMILES string of the molecule is COc1cccc(Cn2cccc2CN(Cc2ccccc2)C(=O)CN(CC(C)C)C(=O)c2cccc(F)c2)c1. The third kappa shape index (κ3) is 7.82. The Hall–Kier alpha value is -4.39. The maximum Gasteiger partial charge on any atom is 0.254 e. The monoisotopic (exact) mass is 541 g/mol. The number of rotatable bonds is 12. The van der Waals surface area contributed by atoms with Crippen molar-refractivity contribution in [2.45, 2.75) is 33.5 Å². The van der Waals surface area contributed by atoms with Crippen molar-refractivity contribution in [3.8, 4) is 5.75 Å². The van der Waals surface area contributed by atoms with Crippen LogP contribution in [-0.2, 0) is 24.4 Å².